The number of hydrogen-bond acceptors (Lipinski definition) is 6. The van der Waals surface area contributed by atoms with Gasteiger partial charge in [-0.15, -0.1) is 0 Å². The minimum Gasteiger partial charge on any atom is -0.330 e. The minimum absolute atomic E-state index is 0.128. The average molecular weight is 409 g/mol. The van der Waals surface area contributed by atoms with Crippen LogP contribution in [0.25, 0.3) is 11.3 Å². The molecule has 0 aliphatic heterocycles. The van der Waals surface area contributed by atoms with E-state index < -0.39 is 5.56 Å². The monoisotopic (exact) mass is 408 g/mol. The van der Waals surface area contributed by atoms with E-state index in [0.717, 1.165) is 0 Å². The van der Waals surface area contributed by atoms with Gasteiger partial charge in [0.2, 0.25) is 11.9 Å². The first-order chi connectivity index (χ1) is 14.0. The van der Waals surface area contributed by atoms with Gasteiger partial charge in [0.05, 0.1) is 5.69 Å². The van der Waals surface area contributed by atoms with Crippen molar-refractivity contribution in [1.82, 2.24) is 9.97 Å². The van der Waals surface area contributed by atoms with Crippen molar-refractivity contribution in [2.75, 3.05) is 17.2 Å². The number of aromatic nitrogens is 2. The van der Waals surface area contributed by atoms with Crippen molar-refractivity contribution in [2.24, 2.45) is 5.73 Å². The molecule has 9 heteroatoms. The van der Waals surface area contributed by atoms with Gasteiger partial charge in [0.1, 0.15) is 11.6 Å². The normalized spacial score (nSPS) is 10.2. The van der Waals surface area contributed by atoms with Gasteiger partial charge in [-0.05, 0) is 36.4 Å². The molecule has 146 valence electrons. The summed E-state index contributed by atoms with van der Waals surface area (Å²) in [6, 6.07) is 15.5. The number of hydrogen-bond donors (Lipinski definition) is 4. The SMILES string of the molecule is N#Cc1c(-c2cccc(NC(=O)CCN)c2)nc(Nc2ccc(Cl)cc2)[nH]c1=O. The number of H-pyrrole nitrogens is 1. The Kier molecular flexibility index (Phi) is 6.24. The smallest absolute Gasteiger partial charge is 0.270 e. The predicted octanol–water partition coefficient (Wildman–Crippen LogP) is 2.99. The molecule has 0 aliphatic carbocycles. The fourth-order valence-corrected chi connectivity index (χ4v) is 2.74. The minimum atomic E-state index is -0.577. The van der Waals surface area contributed by atoms with Crippen molar-refractivity contribution in [3.63, 3.8) is 0 Å². The van der Waals surface area contributed by atoms with Crippen LogP contribution in [-0.2, 0) is 4.79 Å². The summed E-state index contributed by atoms with van der Waals surface area (Å²) in [5.41, 5.74) is 6.57. The molecule has 5 N–H and O–H groups in total. The van der Waals surface area contributed by atoms with Crippen LogP contribution in [0.4, 0.5) is 17.3 Å². The van der Waals surface area contributed by atoms with Crippen LogP contribution in [0.1, 0.15) is 12.0 Å². The number of nitriles is 1. The Hall–Kier alpha value is -3.67. The highest BCUT2D eigenvalue weighted by Crippen LogP contribution is 2.24. The van der Waals surface area contributed by atoms with Crippen LogP contribution in [0.15, 0.2) is 53.3 Å². The molecule has 0 spiro atoms. The van der Waals surface area contributed by atoms with E-state index in [2.05, 4.69) is 20.6 Å². The number of benzene rings is 2. The third-order valence-corrected chi connectivity index (χ3v) is 4.18. The molecule has 8 nitrogen and oxygen atoms in total. The molecule has 0 fully saturated rings. The molecule has 2 aromatic carbocycles. The Bertz CT molecular complexity index is 1130. The predicted molar refractivity (Wildman–Crippen MR) is 112 cm³/mol. The van der Waals surface area contributed by atoms with Gasteiger partial charge in [0.15, 0.2) is 0 Å². The van der Waals surface area contributed by atoms with Crippen molar-refractivity contribution in [1.29, 1.82) is 5.26 Å². The zero-order valence-electron chi connectivity index (χ0n) is 15.2. The molecule has 0 saturated carbocycles. The molecule has 0 radical (unpaired) electrons. The van der Waals surface area contributed by atoms with E-state index in [4.69, 9.17) is 17.3 Å². The summed E-state index contributed by atoms with van der Waals surface area (Å²) in [7, 11) is 0. The average Bonchev–Trinajstić information content (AvgIpc) is 2.70. The summed E-state index contributed by atoms with van der Waals surface area (Å²) < 4.78 is 0. The van der Waals surface area contributed by atoms with Crippen LogP contribution in [0, 0.1) is 11.3 Å². The standard InChI is InChI=1S/C20H17ClN6O2/c21-13-4-6-14(7-5-13)25-20-26-18(16(11-23)19(29)27-20)12-2-1-3-15(10-12)24-17(28)8-9-22/h1-7,10H,8-9,22H2,(H,24,28)(H2,25,26,27,29). The van der Waals surface area contributed by atoms with Crippen LogP contribution in [-0.4, -0.2) is 22.4 Å². The molecule has 0 atom stereocenters. The lowest BCUT2D eigenvalue weighted by molar-refractivity contribution is -0.116. The van der Waals surface area contributed by atoms with Gasteiger partial charge in [0, 0.05) is 34.9 Å². The second-order valence-corrected chi connectivity index (χ2v) is 6.49. The van der Waals surface area contributed by atoms with Crippen LogP contribution < -0.4 is 21.9 Å². The van der Waals surface area contributed by atoms with Gasteiger partial charge in [-0.25, -0.2) is 4.98 Å². The number of anilines is 3. The second kappa shape index (κ2) is 9.01. The van der Waals surface area contributed by atoms with Gasteiger partial charge in [-0.1, -0.05) is 23.7 Å². The fraction of sp³-hybridized carbons (Fsp3) is 0.100. The Morgan fingerprint density at radius 1 is 1.21 bits per heavy atom. The van der Waals surface area contributed by atoms with Gasteiger partial charge >= 0.3 is 0 Å². The third kappa shape index (κ3) is 4.99. The van der Waals surface area contributed by atoms with Crippen molar-refractivity contribution >= 4 is 34.8 Å². The Labute approximate surface area is 171 Å². The maximum Gasteiger partial charge on any atom is 0.270 e. The molecule has 0 bridgehead atoms. The van der Waals surface area contributed by atoms with E-state index in [0.29, 0.717) is 22.0 Å². The quantitative estimate of drug-likeness (QED) is 0.494. The zero-order valence-corrected chi connectivity index (χ0v) is 16.0. The van der Waals surface area contributed by atoms with E-state index in [1.54, 1.807) is 48.5 Å². The largest absolute Gasteiger partial charge is 0.330 e. The van der Waals surface area contributed by atoms with Crippen LogP contribution in [0.2, 0.25) is 5.02 Å². The molecular weight excluding hydrogens is 392 g/mol. The van der Waals surface area contributed by atoms with Crippen molar-refractivity contribution in [3.05, 3.63) is 69.5 Å². The summed E-state index contributed by atoms with van der Waals surface area (Å²) in [5.74, 6) is -0.0574. The number of amides is 1. The number of nitrogens with one attached hydrogen (secondary N) is 3. The van der Waals surface area contributed by atoms with E-state index in [1.807, 2.05) is 6.07 Å². The molecule has 0 unspecified atom stereocenters. The summed E-state index contributed by atoms with van der Waals surface area (Å²) in [4.78, 5) is 31.1. The lowest BCUT2D eigenvalue weighted by Crippen LogP contribution is -2.17. The van der Waals surface area contributed by atoms with Crippen molar-refractivity contribution in [2.45, 2.75) is 6.42 Å². The lowest BCUT2D eigenvalue weighted by Gasteiger charge is -2.10. The van der Waals surface area contributed by atoms with Crippen LogP contribution in [0.5, 0.6) is 0 Å². The van der Waals surface area contributed by atoms with Gasteiger partial charge < -0.3 is 16.4 Å². The molecule has 3 rings (SSSR count). The van der Waals surface area contributed by atoms with Gasteiger partial charge in [0.25, 0.3) is 5.56 Å². The molecule has 29 heavy (non-hydrogen) atoms. The summed E-state index contributed by atoms with van der Waals surface area (Å²) in [6.07, 6.45) is 0.187. The maximum absolute atomic E-state index is 12.4. The van der Waals surface area contributed by atoms with E-state index in [-0.39, 0.29) is 36.1 Å². The number of halogens is 1. The van der Waals surface area contributed by atoms with E-state index >= 15 is 0 Å². The molecule has 1 heterocycles. The van der Waals surface area contributed by atoms with E-state index in [9.17, 15) is 14.9 Å². The summed E-state index contributed by atoms with van der Waals surface area (Å²) in [5, 5.41) is 15.7. The van der Waals surface area contributed by atoms with E-state index in [1.165, 1.54) is 0 Å². The summed E-state index contributed by atoms with van der Waals surface area (Å²) >= 11 is 5.88. The van der Waals surface area contributed by atoms with Crippen LogP contribution >= 0.6 is 11.6 Å². The maximum atomic E-state index is 12.4. The number of nitrogens with two attached hydrogens (primary N) is 1. The number of nitrogens with zero attached hydrogens (tertiary/aromatic N) is 2. The number of rotatable bonds is 6. The first-order valence-electron chi connectivity index (χ1n) is 8.67. The highest BCUT2D eigenvalue weighted by molar-refractivity contribution is 6.30. The number of aromatic amines is 1. The first-order valence-corrected chi connectivity index (χ1v) is 9.05. The van der Waals surface area contributed by atoms with Crippen molar-refractivity contribution in [3.8, 4) is 17.3 Å². The molecule has 0 saturated heterocycles. The zero-order chi connectivity index (χ0) is 20.8. The second-order valence-electron chi connectivity index (χ2n) is 6.05. The molecular formula is C20H17ClN6O2. The third-order valence-electron chi connectivity index (χ3n) is 3.93. The van der Waals surface area contributed by atoms with Gasteiger partial charge in [-0.3, -0.25) is 14.6 Å². The molecule has 1 amide bonds. The summed E-state index contributed by atoms with van der Waals surface area (Å²) in [6.45, 7) is 0.236. The highest BCUT2D eigenvalue weighted by atomic mass is 35.5. The highest BCUT2D eigenvalue weighted by Gasteiger charge is 2.14. The topological polar surface area (TPSA) is 137 Å². The molecule has 0 aliphatic rings. The lowest BCUT2D eigenvalue weighted by atomic mass is 10.1. The fourth-order valence-electron chi connectivity index (χ4n) is 2.61. The van der Waals surface area contributed by atoms with Crippen molar-refractivity contribution < 1.29 is 4.79 Å². The molecule has 1 aromatic heterocycles. The van der Waals surface area contributed by atoms with Crippen LogP contribution in [0.3, 0.4) is 0 Å². The Morgan fingerprint density at radius 3 is 2.66 bits per heavy atom. The first kappa shape index (κ1) is 20.1. The number of carbonyl (C=O) groups is 1. The number of carbonyl (C=O) groups excluding carboxylic acids is 1. The van der Waals surface area contributed by atoms with Gasteiger partial charge in [-0.2, -0.15) is 5.26 Å². The molecule has 3 aromatic rings. The Balaban J connectivity index is 1.99. The Morgan fingerprint density at radius 2 is 1.97 bits per heavy atom.